The van der Waals surface area contributed by atoms with Crippen LogP contribution in [0.2, 0.25) is 0 Å². The molecule has 156 valence electrons. The molecule has 30 heavy (non-hydrogen) atoms. The van der Waals surface area contributed by atoms with Crippen LogP contribution in [0.5, 0.6) is 5.75 Å². The Hall–Kier alpha value is -3.62. The lowest BCUT2D eigenvalue weighted by Crippen LogP contribution is -2.51. The highest BCUT2D eigenvalue weighted by atomic mass is 19.1. The topological polar surface area (TPSA) is 95.7 Å². The van der Waals surface area contributed by atoms with Crippen molar-refractivity contribution in [2.45, 2.75) is 6.54 Å². The van der Waals surface area contributed by atoms with E-state index in [0.717, 1.165) is 43.2 Å². The van der Waals surface area contributed by atoms with Crippen molar-refractivity contribution in [2.75, 3.05) is 38.2 Å². The molecule has 0 radical (unpaired) electrons. The van der Waals surface area contributed by atoms with Gasteiger partial charge in [0.1, 0.15) is 23.9 Å². The van der Waals surface area contributed by atoms with Crippen LogP contribution < -0.4 is 15.4 Å². The summed E-state index contributed by atoms with van der Waals surface area (Å²) in [6.07, 6.45) is 0. The Morgan fingerprint density at radius 2 is 1.80 bits per heavy atom. The first-order chi connectivity index (χ1) is 14.6. The van der Waals surface area contributed by atoms with Crippen molar-refractivity contribution in [3.05, 3.63) is 60.2 Å². The molecule has 1 aliphatic heterocycles. The van der Waals surface area contributed by atoms with Gasteiger partial charge in [-0.2, -0.15) is 5.10 Å². The molecule has 8 nitrogen and oxygen atoms in total. The van der Waals surface area contributed by atoms with Gasteiger partial charge < -0.3 is 20.3 Å². The molecule has 2 heterocycles. The molecule has 0 saturated carbocycles. The molecular formula is C21H24FN7O. The number of H-pyrrole nitrogens is 1. The molecule has 3 aromatic rings. The normalized spacial score (nSPS) is 14.8. The van der Waals surface area contributed by atoms with Crippen LogP contribution in [-0.4, -0.2) is 59.3 Å². The Morgan fingerprint density at radius 3 is 2.47 bits per heavy atom. The molecule has 0 atom stereocenters. The van der Waals surface area contributed by atoms with Crippen LogP contribution in [0.1, 0.15) is 5.82 Å². The fraction of sp³-hybridized carbons (Fsp3) is 0.286. The highest BCUT2D eigenvalue weighted by molar-refractivity contribution is 5.78. The number of hydrogen-bond donors (Lipinski definition) is 2. The molecule has 0 bridgehead atoms. The van der Waals surface area contributed by atoms with Gasteiger partial charge in [0, 0.05) is 37.4 Å². The van der Waals surface area contributed by atoms with E-state index < -0.39 is 0 Å². The summed E-state index contributed by atoms with van der Waals surface area (Å²) in [5, 5.41) is 7.16. The number of halogens is 1. The second-order valence-electron chi connectivity index (χ2n) is 6.96. The van der Waals surface area contributed by atoms with Crippen molar-refractivity contribution in [1.29, 1.82) is 0 Å². The largest absolute Gasteiger partial charge is 0.497 e. The summed E-state index contributed by atoms with van der Waals surface area (Å²) in [6, 6.07) is 14.1. The van der Waals surface area contributed by atoms with Crippen LogP contribution in [0.25, 0.3) is 11.4 Å². The highest BCUT2D eigenvalue weighted by Gasteiger charge is 2.18. The Kier molecular flexibility index (Phi) is 5.78. The zero-order chi connectivity index (χ0) is 20.9. The molecule has 1 fully saturated rings. The molecule has 2 aromatic carbocycles. The Bertz CT molecular complexity index is 993. The van der Waals surface area contributed by atoms with E-state index in [1.165, 1.54) is 12.1 Å². The first kappa shape index (κ1) is 19.7. The third-order valence-electron chi connectivity index (χ3n) is 5.07. The van der Waals surface area contributed by atoms with Gasteiger partial charge in [-0.15, -0.1) is 0 Å². The fourth-order valence-electron chi connectivity index (χ4n) is 3.34. The maximum atomic E-state index is 13.1. The number of nitrogens with zero attached hydrogens (tertiary/aromatic N) is 5. The van der Waals surface area contributed by atoms with Gasteiger partial charge in [-0.05, 0) is 48.5 Å². The third kappa shape index (κ3) is 4.51. The number of benzene rings is 2. The predicted octanol–water partition coefficient (Wildman–Crippen LogP) is 2.26. The second-order valence-corrected chi connectivity index (χ2v) is 6.96. The van der Waals surface area contributed by atoms with Crippen molar-refractivity contribution >= 4 is 11.6 Å². The smallest absolute Gasteiger partial charge is 0.191 e. The Labute approximate surface area is 174 Å². The lowest BCUT2D eigenvalue weighted by molar-refractivity contribution is 0.380. The van der Waals surface area contributed by atoms with E-state index in [9.17, 15) is 4.39 Å². The van der Waals surface area contributed by atoms with Crippen LogP contribution >= 0.6 is 0 Å². The number of aliphatic imine (C=N–C) groups is 1. The first-order valence-corrected chi connectivity index (χ1v) is 9.73. The minimum absolute atomic E-state index is 0.226. The standard InChI is InChI=1S/C21H24FN7O/c1-30-18-8-2-15(3-9-18)20-25-19(26-27-20)14-24-21(23)29-12-10-28(11-13-29)17-6-4-16(22)5-7-17/h2-9H,10-14H2,1H3,(H2,23,24)(H,25,26,27). The van der Waals surface area contributed by atoms with Crippen LogP contribution in [0.4, 0.5) is 10.1 Å². The van der Waals surface area contributed by atoms with Gasteiger partial charge in [-0.3, -0.25) is 5.10 Å². The maximum absolute atomic E-state index is 13.1. The van der Waals surface area contributed by atoms with Crippen LogP contribution in [0, 0.1) is 5.82 Å². The monoisotopic (exact) mass is 409 g/mol. The number of aromatic amines is 1. The molecule has 0 aliphatic carbocycles. The molecule has 9 heteroatoms. The van der Waals surface area contributed by atoms with Crippen LogP contribution in [0.3, 0.4) is 0 Å². The molecule has 0 unspecified atom stereocenters. The number of methoxy groups -OCH3 is 1. The van der Waals surface area contributed by atoms with E-state index in [2.05, 4.69) is 25.1 Å². The lowest BCUT2D eigenvalue weighted by atomic mass is 10.2. The van der Waals surface area contributed by atoms with Crippen molar-refractivity contribution in [3.63, 3.8) is 0 Å². The SMILES string of the molecule is COc1ccc(-c2n[nH]c(CN=C(N)N3CCN(c4ccc(F)cc4)CC3)n2)cc1. The number of aromatic nitrogens is 3. The van der Waals surface area contributed by atoms with Gasteiger partial charge in [0.25, 0.3) is 0 Å². The summed E-state index contributed by atoms with van der Waals surface area (Å²) in [5.74, 6) is 2.29. The van der Waals surface area contributed by atoms with Crippen LogP contribution in [0.15, 0.2) is 53.5 Å². The molecule has 4 rings (SSSR count). The molecule has 1 aromatic heterocycles. The first-order valence-electron chi connectivity index (χ1n) is 9.73. The summed E-state index contributed by atoms with van der Waals surface area (Å²) >= 11 is 0. The van der Waals surface area contributed by atoms with Crippen molar-refractivity contribution < 1.29 is 9.13 Å². The average Bonchev–Trinajstić information content (AvgIpc) is 3.27. The number of piperazine rings is 1. The molecule has 0 spiro atoms. The average molecular weight is 409 g/mol. The van der Waals surface area contributed by atoms with Gasteiger partial charge in [0.15, 0.2) is 11.8 Å². The molecule has 0 amide bonds. The number of guanidine groups is 1. The van der Waals surface area contributed by atoms with Crippen molar-refractivity contribution in [2.24, 2.45) is 10.7 Å². The van der Waals surface area contributed by atoms with Crippen molar-refractivity contribution in [1.82, 2.24) is 20.1 Å². The van der Waals surface area contributed by atoms with Gasteiger partial charge in [0.05, 0.1) is 7.11 Å². The third-order valence-corrected chi connectivity index (χ3v) is 5.07. The second kappa shape index (κ2) is 8.81. The van der Waals surface area contributed by atoms with Crippen LogP contribution in [-0.2, 0) is 6.54 Å². The number of ether oxygens (including phenoxy) is 1. The summed E-state index contributed by atoms with van der Waals surface area (Å²) in [7, 11) is 1.63. The number of rotatable bonds is 5. The summed E-state index contributed by atoms with van der Waals surface area (Å²) < 4.78 is 18.3. The minimum Gasteiger partial charge on any atom is -0.497 e. The quantitative estimate of drug-likeness (QED) is 0.496. The van der Waals surface area contributed by atoms with Gasteiger partial charge in [0.2, 0.25) is 0 Å². The maximum Gasteiger partial charge on any atom is 0.191 e. The van der Waals surface area contributed by atoms with Gasteiger partial charge in [-0.25, -0.2) is 14.4 Å². The number of nitrogens with two attached hydrogens (primary N) is 1. The zero-order valence-electron chi connectivity index (χ0n) is 16.8. The van der Waals surface area contributed by atoms with E-state index in [4.69, 9.17) is 10.5 Å². The van der Waals surface area contributed by atoms with E-state index in [1.807, 2.05) is 29.2 Å². The van der Waals surface area contributed by atoms with Gasteiger partial charge in [-0.1, -0.05) is 0 Å². The summed E-state index contributed by atoms with van der Waals surface area (Å²) in [4.78, 5) is 13.2. The predicted molar refractivity (Wildman–Crippen MR) is 114 cm³/mol. The highest BCUT2D eigenvalue weighted by Crippen LogP contribution is 2.19. The number of anilines is 1. The van der Waals surface area contributed by atoms with E-state index in [-0.39, 0.29) is 5.82 Å². The Morgan fingerprint density at radius 1 is 1.10 bits per heavy atom. The van der Waals surface area contributed by atoms with Gasteiger partial charge >= 0.3 is 0 Å². The molecular weight excluding hydrogens is 385 g/mol. The lowest BCUT2D eigenvalue weighted by Gasteiger charge is -2.36. The number of nitrogens with one attached hydrogen (secondary N) is 1. The zero-order valence-corrected chi connectivity index (χ0v) is 16.8. The fourth-order valence-corrected chi connectivity index (χ4v) is 3.34. The summed E-state index contributed by atoms with van der Waals surface area (Å²) in [5.41, 5.74) is 8.09. The molecule has 3 N–H and O–H groups in total. The summed E-state index contributed by atoms with van der Waals surface area (Å²) in [6.45, 7) is 3.42. The molecule has 1 aliphatic rings. The van der Waals surface area contributed by atoms with Crippen molar-refractivity contribution in [3.8, 4) is 17.1 Å². The van der Waals surface area contributed by atoms with E-state index in [0.29, 0.717) is 24.2 Å². The minimum atomic E-state index is -0.226. The number of hydrogen-bond acceptors (Lipinski definition) is 5. The van der Waals surface area contributed by atoms with E-state index in [1.54, 1.807) is 19.2 Å². The Balaban J connectivity index is 1.32. The molecule has 1 saturated heterocycles. The van der Waals surface area contributed by atoms with E-state index >= 15 is 0 Å².